The summed E-state index contributed by atoms with van der Waals surface area (Å²) in [5.74, 6) is -0.111. The zero-order valence-electron chi connectivity index (χ0n) is 18.9. The Kier molecular flexibility index (Phi) is 7.16. The number of para-hydroxylation sites is 1. The van der Waals surface area contributed by atoms with Gasteiger partial charge in [-0.05, 0) is 61.6 Å². The van der Waals surface area contributed by atoms with Crippen LogP contribution in [0.4, 0.5) is 5.69 Å². The van der Waals surface area contributed by atoms with E-state index in [4.69, 9.17) is 0 Å². The molecule has 32 heavy (non-hydrogen) atoms. The van der Waals surface area contributed by atoms with E-state index in [0.29, 0.717) is 25.2 Å². The van der Waals surface area contributed by atoms with Crippen LogP contribution in [0.15, 0.2) is 53.4 Å². The van der Waals surface area contributed by atoms with E-state index in [2.05, 4.69) is 17.0 Å². The minimum atomic E-state index is -3.51. The minimum absolute atomic E-state index is 0.111. The molecular weight excluding hydrogens is 422 g/mol. The fourth-order valence-corrected chi connectivity index (χ4v) is 6.18. The molecule has 2 aliphatic heterocycles. The summed E-state index contributed by atoms with van der Waals surface area (Å²) in [6.07, 6.45) is 6.37. The molecule has 0 bridgehead atoms. The number of rotatable bonds is 6. The third-order valence-corrected chi connectivity index (χ3v) is 8.41. The molecular formula is C25H33N3O3S. The van der Waals surface area contributed by atoms with E-state index in [9.17, 15) is 13.2 Å². The molecule has 0 radical (unpaired) electrons. The van der Waals surface area contributed by atoms with Crippen LogP contribution in [0.5, 0.6) is 0 Å². The molecule has 0 aromatic heterocycles. The van der Waals surface area contributed by atoms with Crippen molar-refractivity contribution in [3.05, 3.63) is 59.7 Å². The van der Waals surface area contributed by atoms with E-state index in [1.54, 1.807) is 40.5 Å². The maximum atomic E-state index is 13.0. The van der Waals surface area contributed by atoms with E-state index in [1.165, 1.54) is 18.5 Å². The smallest absolute Gasteiger partial charge is 0.253 e. The highest BCUT2D eigenvalue weighted by Gasteiger charge is 2.25. The van der Waals surface area contributed by atoms with Gasteiger partial charge in [0, 0.05) is 51.0 Å². The Labute approximate surface area is 191 Å². The second kappa shape index (κ2) is 10.0. The van der Waals surface area contributed by atoms with Crippen molar-refractivity contribution in [1.82, 2.24) is 9.21 Å². The van der Waals surface area contributed by atoms with Crippen molar-refractivity contribution in [2.45, 2.75) is 50.0 Å². The molecule has 2 aliphatic rings. The van der Waals surface area contributed by atoms with Gasteiger partial charge in [0.25, 0.3) is 5.91 Å². The molecule has 2 aromatic carbocycles. The Morgan fingerprint density at radius 1 is 0.844 bits per heavy atom. The van der Waals surface area contributed by atoms with Gasteiger partial charge in [0.15, 0.2) is 0 Å². The second-order valence-electron chi connectivity index (χ2n) is 8.83. The zero-order valence-corrected chi connectivity index (χ0v) is 19.7. The lowest BCUT2D eigenvalue weighted by Gasteiger charge is -2.24. The first-order valence-corrected chi connectivity index (χ1v) is 13.1. The third-order valence-electron chi connectivity index (χ3n) is 6.50. The Balaban J connectivity index is 1.46. The highest BCUT2D eigenvalue weighted by Crippen LogP contribution is 2.26. The van der Waals surface area contributed by atoms with Gasteiger partial charge in [0.2, 0.25) is 10.0 Å². The maximum Gasteiger partial charge on any atom is 0.253 e. The summed E-state index contributed by atoms with van der Waals surface area (Å²) < 4.78 is 27.6. The third kappa shape index (κ3) is 4.99. The summed E-state index contributed by atoms with van der Waals surface area (Å²) in [4.78, 5) is 17.4. The minimum Gasteiger partial charge on any atom is -0.371 e. The molecule has 4 rings (SSSR count). The van der Waals surface area contributed by atoms with Crippen LogP contribution in [0.3, 0.4) is 0 Å². The summed E-state index contributed by atoms with van der Waals surface area (Å²) in [5.41, 5.74) is 2.83. The number of amides is 1. The summed E-state index contributed by atoms with van der Waals surface area (Å²) in [5, 5.41) is 0. The number of carbonyl (C=O) groups excluding carboxylic acids is 1. The van der Waals surface area contributed by atoms with Gasteiger partial charge in [0.1, 0.15) is 0 Å². The fourth-order valence-electron chi connectivity index (χ4n) is 4.66. The van der Waals surface area contributed by atoms with Crippen LogP contribution in [0.2, 0.25) is 0 Å². The maximum absolute atomic E-state index is 13.0. The predicted molar refractivity (Wildman–Crippen MR) is 127 cm³/mol. The number of anilines is 1. The average molecular weight is 456 g/mol. The lowest BCUT2D eigenvalue weighted by atomic mass is 10.1. The fraction of sp³-hybridized carbons (Fsp3) is 0.480. The quantitative estimate of drug-likeness (QED) is 0.657. The lowest BCUT2D eigenvalue weighted by molar-refractivity contribution is 0.0785. The molecule has 2 heterocycles. The highest BCUT2D eigenvalue weighted by atomic mass is 32.2. The van der Waals surface area contributed by atoms with Gasteiger partial charge in [-0.3, -0.25) is 4.79 Å². The molecule has 0 unspecified atom stereocenters. The number of benzene rings is 2. The van der Waals surface area contributed by atoms with Crippen LogP contribution in [-0.2, 0) is 16.6 Å². The standard InChI is InChI=1S/C25H33N3O3S/c1-26(20-22-10-4-5-11-24(22)27-16-8-9-17-27)25(29)21-12-14-23(15-13-21)32(30,31)28-18-6-2-3-7-19-28/h4-5,10-15H,2-3,6-9,16-20H2,1H3. The van der Waals surface area contributed by atoms with Gasteiger partial charge in [-0.1, -0.05) is 31.0 Å². The molecule has 0 atom stereocenters. The zero-order chi connectivity index (χ0) is 22.6. The first-order chi connectivity index (χ1) is 15.5. The number of sulfonamides is 1. The van der Waals surface area contributed by atoms with Gasteiger partial charge in [-0.25, -0.2) is 8.42 Å². The predicted octanol–water partition coefficient (Wildman–Crippen LogP) is 4.12. The Bertz CT molecular complexity index is 1020. The normalized spacial score (nSPS) is 17.8. The number of hydrogen-bond acceptors (Lipinski definition) is 4. The first-order valence-electron chi connectivity index (χ1n) is 11.7. The van der Waals surface area contributed by atoms with Crippen LogP contribution >= 0.6 is 0 Å². The second-order valence-corrected chi connectivity index (χ2v) is 10.8. The number of carbonyl (C=O) groups is 1. The number of hydrogen-bond donors (Lipinski definition) is 0. The first kappa shape index (κ1) is 22.8. The van der Waals surface area contributed by atoms with Gasteiger partial charge in [-0.2, -0.15) is 4.31 Å². The molecule has 172 valence electrons. The summed E-state index contributed by atoms with van der Waals surface area (Å²) in [6, 6.07) is 14.7. The van der Waals surface area contributed by atoms with Crippen molar-refractivity contribution < 1.29 is 13.2 Å². The van der Waals surface area contributed by atoms with Gasteiger partial charge in [-0.15, -0.1) is 0 Å². The molecule has 7 heteroatoms. The Morgan fingerprint density at radius 3 is 2.09 bits per heavy atom. The van der Waals surface area contributed by atoms with E-state index in [0.717, 1.165) is 44.3 Å². The largest absolute Gasteiger partial charge is 0.371 e. The average Bonchev–Trinajstić information content (AvgIpc) is 3.20. The highest BCUT2D eigenvalue weighted by molar-refractivity contribution is 7.89. The van der Waals surface area contributed by atoms with Crippen LogP contribution < -0.4 is 4.90 Å². The molecule has 0 N–H and O–H groups in total. The lowest BCUT2D eigenvalue weighted by Crippen LogP contribution is -2.32. The van der Waals surface area contributed by atoms with E-state index < -0.39 is 10.0 Å². The monoisotopic (exact) mass is 455 g/mol. The van der Waals surface area contributed by atoms with Gasteiger partial charge >= 0.3 is 0 Å². The number of nitrogens with zero attached hydrogens (tertiary/aromatic N) is 3. The molecule has 1 amide bonds. The Hall–Kier alpha value is -2.38. The van der Waals surface area contributed by atoms with Crippen molar-refractivity contribution in [3.63, 3.8) is 0 Å². The molecule has 2 aromatic rings. The molecule has 0 saturated carbocycles. The van der Waals surface area contributed by atoms with E-state index >= 15 is 0 Å². The summed E-state index contributed by atoms with van der Waals surface area (Å²) in [7, 11) is -1.71. The van der Waals surface area contributed by atoms with Crippen LogP contribution in [0.1, 0.15) is 54.4 Å². The molecule has 6 nitrogen and oxygen atoms in total. The van der Waals surface area contributed by atoms with Crippen molar-refractivity contribution in [2.75, 3.05) is 38.1 Å². The van der Waals surface area contributed by atoms with Crippen molar-refractivity contribution in [3.8, 4) is 0 Å². The molecule has 2 saturated heterocycles. The molecule has 2 fully saturated rings. The SMILES string of the molecule is CN(Cc1ccccc1N1CCCC1)C(=O)c1ccc(S(=O)(=O)N2CCCCCC2)cc1. The summed E-state index contributed by atoms with van der Waals surface area (Å²) >= 11 is 0. The van der Waals surface area contributed by atoms with Gasteiger partial charge < -0.3 is 9.80 Å². The summed E-state index contributed by atoms with van der Waals surface area (Å²) in [6.45, 7) is 3.77. The van der Waals surface area contributed by atoms with Crippen LogP contribution in [0, 0.1) is 0 Å². The molecule has 0 aliphatic carbocycles. The van der Waals surface area contributed by atoms with Gasteiger partial charge in [0.05, 0.1) is 4.90 Å². The van der Waals surface area contributed by atoms with Crippen LogP contribution in [-0.4, -0.2) is 56.8 Å². The van der Waals surface area contributed by atoms with Crippen molar-refractivity contribution in [2.24, 2.45) is 0 Å². The van der Waals surface area contributed by atoms with Crippen molar-refractivity contribution in [1.29, 1.82) is 0 Å². The van der Waals surface area contributed by atoms with Crippen LogP contribution in [0.25, 0.3) is 0 Å². The topological polar surface area (TPSA) is 60.9 Å². The van der Waals surface area contributed by atoms with E-state index in [-0.39, 0.29) is 10.8 Å². The molecule has 0 spiro atoms. The van der Waals surface area contributed by atoms with E-state index in [1.807, 2.05) is 12.1 Å². The Morgan fingerprint density at radius 2 is 1.44 bits per heavy atom. The van der Waals surface area contributed by atoms with Crippen molar-refractivity contribution >= 4 is 21.6 Å².